The molecule has 0 spiro atoms. The standard InChI is InChI=1S/C28H22BrN3O2/c29-24-11-13-25(14-12-24)34-19-20-5-3-8-22(17-20)28(33)30-27-15-16-32(31-27)18-23-9-4-7-21-6-1-2-10-26(21)23/h1-17H,18-19H2,(H,30,31,33). The third kappa shape index (κ3) is 5.18. The second-order valence-electron chi connectivity index (χ2n) is 7.93. The largest absolute Gasteiger partial charge is 0.489 e. The third-order valence-electron chi connectivity index (χ3n) is 5.50. The summed E-state index contributed by atoms with van der Waals surface area (Å²) < 4.78 is 8.65. The molecule has 1 N–H and O–H groups in total. The molecule has 0 radical (unpaired) electrons. The van der Waals surface area contributed by atoms with E-state index >= 15 is 0 Å². The highest BCUT2D eigenvalue weighted by Gasteiger charge is 2.10. The molecule has 0 atom stereocenters. The lowest BCUT2D eigenvalue weighted by molar-refractivity contribution is 0.102. The number of hydrogen-bond donors (Lipinski definition) is 1. The van der Waals surface area contributed by atoms with Crippen molar-refractivity contribution in [3.63, 3.8) is 0 Å². The minimum Gasteiger partial charge on any atom is -0.489 e. The van der Waals surface area contributed by atoms with Crippen LogP contribution in [0.15, 0.2) is 108 Å². The molecule has 5 rings (SSSR count). The summed E-state index contributed by atoms with van der Waals surface area (Å²) >= 11 is 3.41. The van der Waals surface area contributed by atoms with Crippen LogP contribution in [-0.4, -0.2) is 15.7 Å². The van der Waals surface area contributed by atoms with Crippen molar-refractivity contribution < 1.29 is 9.53 Å². The molecule has 0 aliphatic carbocycles. The van der Waals surface area contributed by atoms with Crippen LogP contribution in [0.5, 0.6) is 5.75 Å². The number of anilines is 1. The monoisotopic (exact) mass is 511 g/mol. The van der Waals surface area contributed by atoms with E-state index < -0.39 is 0 Å². The first-order valence-electron chi connectivity index (χ1n) is 10.9. The van der Waals surface area contributed by atoms with E-state index in [0.717, 1.165) is 15.8 Å². The highest BCUT2D eigenvalue weighted by atomic mass is 79.9. The molecule has 0 unspecified atom stereocenters. The molecule has 1 heterocycles. The van der Waals surface area contributed by atoms with Gasteiger partial charge < -0.3 is 10.1 Å². The number of carbonyl (C=O) groups is 1. The Morgan fingerprint density at radius 3 is 2.59 bits per heavy atom. The van der Waals surface area contributed by atoms with Crippen molar-refractivity contribution in [1.29, 1.82) is 0 Å². The van der Waals surface area contributed by atoms with E-state index in [1.54, 1.807) is 6.07 Å². The predicted octanol–water partition coefficient (Wildman–Crippen LogP) is 6.68. The zero-order valence-corrected chi connectivity index (χ0v) is 19.9. The first-order valence-corrected chi connectivity index (χ1v) is 11.7. The van der Waals surface area contributed by atoms with Gasteiger partial charge in [-0.15, -0.1) is 0 Å². The number of ether oxygens (including phenoxy) is 1. The van der Waals surface area contributed by atoms with E-state index in [2.05, 4.69) is 56.7 Å². The molecule has 0 bridgehead atoms. The number of rotatable bonds is 7. The van der Waals surface area contributed by atoms with Crippen LogP contribution in [0, 0.1) is 0 Å². The van der Waals surface area contributed by atoms with Crippen LogP contribution in [0.2, 0.25) is 0 Å². The maximum atomic E-state index is 12.8. The number of halogens is 1. The molecule has 0 saturated heterocycles. The van der Waals surface area contributed by atoms with Crippen LogP contribution < -0.4 is 10.1 Å². The molecule has 5 nitrogen and oxygen atoms in total. The van der Waals surface area contributed by atoms with Crippen molar-refractivity contribution in [3.05, 3.63) is 124 Å². The zero-order chi connectivity index (χ0) is 23.3. The van der Waals surface area contributed by atoms with E-state index in [1.165, 1.54) is 16.3 Å². The molecule has 6 heteroatoms. The summed E-state index contributed by atoms with van der Waals surface area (Å²) in [6.45, 7) is 1.00. The molecule has 1 aromatic heterocycles. The molecule has 1 amide bonds. The Hall–Kier alpha value is -3.90. The van der Waals surface area contributed by atoms with E-state index in [0.29, 0.717) is 24.5 Å². The number of benzene rings is 4. The van der Waals surface area contributed by atoms with Crippen molar-refractivity contribution in [3.8, 4) is 5.75 Å². The van der Waals surface area contributed by atoms with Gasteiger partial charge in [-0.1, -0.05) is 70.5 Å². The Labute approximate surface area is 206 Å². The molecule has 0 aliphatic rings. The van der Waals surface area contributed by atoms with Gasteiger partial charge in [0.1, 0.15) is 12.4 Å². The van der Waals surface area contributed by atoms with E-state index in [4.69, 9.17) is 4.74 Å². The van der Waals surface area contributed by atoms with Gasteiger partial charge in [0, 0.05) is 22.3 Å². The van der Waals surface area contributed by atoms with Gasteiger partial charge in [-0.05, 0) is 58.3 Å². The maximum absolute atomic E-state index is 12.8. The topological polar surface area (TPSA) is 56.2 Å². The number of carbonyl (C=O) groups excluding carboxylic acids is 1. The summed E-state index contributed by atoms with van der Waals surface area (Å²) in [4.78, 5) is 12.8. The average molecular weight is 512 g/mol. The van der Waals surface area contributed by atoms with Crippen molar-refractivity contribution in [2.45, 2.75) is 13.2 Å². The second kappa shape index (κ2) is 9.93. The molecular weight excluding hydrogens is 490 g/mol. The molecule has 4 aromatic carbocycles. The summed E-state index contributed by atoms with van der Waals surface area (Å²) in [5, 5.41) is 9.83. The second-order valence-corrected chi connectivity index (χ2v) is 8.85. The first kappa shape index (κ1) is 21.9. The SMILES string of the molecule is O=C(Nc1ccn(Cc2cccc3ccccc23)n1)c1cccc(COc2ccc(Br)cc2)c1. The quantitative estimate of drug-likeness (QED) is 0.265. The third-order valence-corrected chi connectivity index (χ3v) is 6.03. The number of nitrogens with zero attached hydrogens (tertiary/aromatic N) is 2. The summed E-state index contributed by atoms with van der Waals surface area (Å²) in [5.74, 6) is 1.08. The summed E-state index contributed by atoms with van der Waals surface area (Å²) in [6.07, 6.45) is 1.87. The number of aromatic nitrogens is 2. The Bertz CT molecular complexity index is 1440. The molecule has 34 heavy (non-hydrogen) atoms. The molecular formula is C28H22BrN3O2. The van der Waals surface area contributed by atoms with Gasteiger partial charge in [-0.3, -0.25) is 9.48 Å². The van der Waals surface area contributed by atoms with E-state index in [1.807, 2.05) is 71.5 Å². The number of hydrogen-bond acceptors (Lipinski definition) is 3. The molecule has 0 aliphatic heterocycles. The molecule has 5 aromatic rings. The summed E-state index contributed by atoms with van der Waals surface area (Å²) in [5.41, 5.74) is 2.65. The lowest BCUT2D eigenvalue weighted by Gasteiger charge is -2.08. The minimum absolute atomic E-state index is 0.207. The van der Waals surface area contributed by atoms with Gasteiger partial charge in [0.05, 0.1) is 6.54 Å². The number of amides is 1. The molecule has 168 valence electrons. The van der Waals surface area contributed by atoms with Crippen LogP contribution in [0.3, 0.4) is 0 Å². The minimum atomic E-state index is -0.207. The Morgan fingerprint density at radius 1 is 0.912 bits per heavy atom. The Morgan fingerprint density at radius 2 is 1.71 bits per heavy atom. The number of fused-ring (bicyclic) bond motifs is 1. The van der Waals surface area contributed by atoms with Gasteiger partial charge in [0.15, 0.2) is 5.82 Å². The van der Waals surface area contributed by atoms with Crippen LogP contribution in [0.25, 0.3) is 10.8 Å². The van der Waals surface area contributed by atoms with Crippen molar-refractivity contribution in [1.82, 2.24) is 9.78 Å². The van der Waals surface area contributed by atoms with Crippen LogP contribution >= 0.6 is 15.9 Å². The van der Waals surface area contributed by atoms with Crippen molar-refractivity contribution >= 4 is 38.4 Å². The fourth-order valence-corrected chi connectivity index (χ4v) is 4.07. The Balaban J connectivity index is 1.23. The van der Waals surface area contributed by atoms with Crippen molar-refractivity contribution in [2.75, 3.05) is 5.32 Å². The molecule has 0 saturated carbocycles. The van der Waals surface area contributed by atoms with Gasteiger partial charge >= 0.3 is 0 Å². The number of nitrogens with one attached hydrogen (secondary N) is 1. The fraction of sp³-hybridized carbons (Fsp3) is 0.0714. The van der Waals surface area contributed by atoms with Crippen LogP contribution in [0.4, 0.5) is 5.82 Å². The summed E-state index contributed by atoms with van der Waals surface area (Å²) in [7, 11) is 0. The van der Waals surface area contributed by atoms with Crippen LogP contribution in [-0.2, 0) is 13.2 Å². The lowest BCUT2D eigenvalue weighted by Crippen LogP contribution is -2.13. The van der Waals surface area contributed by atoms with Gasteiger partial charge in [0.2, 0.25) is 0 Å². The lowest BCUT2D eigenvalue weighted by atomic mass is 10.0. The normalized spacial score (nSPS) is 10.9. The average Bonchev–Trinajstić information content (AvgIpc) is 3.31. The smallest absolute Gasteiger partial charge is 0.256 e. The van der Waals surface area contributed by atoms with Crippen LogP contribution in [0.1, 0.15) is 21.5 Å². The summed E-state index contributed by atoms with van der Waals surface area (Å²) in [6, 6.07) is 31.4. The highest BCUT2D eigenvalue weighted by molar-refractivity contribution is 9.10. The van der Waals surface area contributed by atoms with E-state index in [9.17, 15) is 4.79 Å². The fourth-order valence-electron chi connectivity index (χ4n) is 3.81. The van der Waals surface area contributed by atoms with Gasteiger partial charge in [0.25, 0.3) is 5.91 Å². The first-order chi connectivity index (χ1) is 16.6. The predicted molar refractivity (Wildman–Crippen MR) is 138 cm³/mol. The highest BCUT2D eigenvalue weighted by Crippen LogP contribution is 2.20. The van der Waals surface area contributed by atoms with Gasteiger partial charge in [-0.25, -0.2) is 0 Å². The van der Waals surface area contributed by atoms with Crippen molar-refractivity contribution in [2.24, 2.45) is 0 Å². The molecule has 0 fully saturated rings. The van der Waals surface area contributed by atoms with E-state index in [-0.39, 0.29) is 5.91 Å². The maximum Gasteiger partial charge on any atom is 0.256 e. The zero-order valence-electron chi connectivity index (χ0n) is 18.3. The Kier molecular flexibility index (Phi) is 6.40. The van der Waals surface area contributed by atoms with Gasteiger partial charge in [-0.2, -0.15) is 5.10 Å².